The van der Waals surface area contributed by atoms with Crippen molar-refractivity contribution >= 4 is 10.8 Å². The molecule has 0 N–H and O–H groups in total. The van der Waals surface area contributed by atoms with E-state index in [4.69, 9.17) is 0 Å². The highest BCUT2D eigenvalue weighted by atomic mass is 15.3. The van der Waals surface area contributed by atoms with Crippen molar-refractivity contribution in [2.45, 2.75) is 31.7 Å². The lowest BCUT2D eigenvalue weighted by Crippen LogP contribution is -2.35. The van der Waals surface area contributed by atoms with E-state index < -0.39 is 0 Å². The minimum Gasteiger partial charge on any atom is -0.303 e. The summed E-state index contributed by atoms with van der Waals surface area (Å²) < 4.78 is 2.13. The van der Waals surface area contributed by atoms with Crippen LogP contribution in [0.2, 0.25) is 0 Å². The Morgan fingerprint density at radius 2 is 1.79 bits per heavy atom. The van der Waals surface area contributed by atoms with Crippen LogP contribution in [0.25, 0.3) is 10.8 Å². The molecule has 2 aromatic carbocycles. The Balaban J connectivity index is 1.29. The Kier molecular flexibility index (Phi) is 4.61. The van der Waals surface area contributed by atoms with E-state index >= 15 is 0 Å². The number of hydrogen-bond acceptors (Lipinski definition) is 2. The third kappa shape index (κ3) is 3.36. The number of benzene rings is 2. The summed E-state index contributed by atoms with van der Waals surface area (Å²) in [6, 6.07) is 18.0. The van der Waals surface area contributed by atoms with Gasteiger partial charge in [-0.1, -0.05) is 42.5 Å². The van der Waals surface area contributed by atoms with Crippen molar-refractivity contribution in [1.82, 2.24) is 14.7 Å². The van der Waals surface area contributed by atoms with Gasteiger partial charge >= 0.3 is 0 Å². The number of aromatic nitrogens is 2. The van der Waals surface area contributed by atoms with Crippen LogP contribution in [0.15, 0.2) is 60.9 Å². The first-order chi connectivity index (χ1) is 11.9. The molecule has 3 aromatic rings. The fourth-order valence-corrected chi connectivity index (χ4v) is 3.91. The monoisotopic (exact) mass is 319 g/mol. The molecule has 124 valence electrons. The molecule has 0 amide bonds. The summed E-state index contributed by atoms with van der Waals surface area (Å²) in [6.07, 6.45) is 8.82. The SMILES string of the molecule is c1ccc2c(CCCN3CCC(n4cccn4)CC3)cccc2c1. The largest absolute Gasteiger partial charge is 0.303 e. The molecule has 0 atom stereocenters. The Morgan fingerprint density at radius 3 is 2.62 bits per heavy atom. The highest BCUT2D eigenvalue weighted by molar-refractivity contribution is 5.85. The Labute approximate surface area is 143 Å². The fourth-order valence-electron chi connectivity index (χ4n) is 3.91. The molecule has 0 radical (unpaired) electrons. The zero-order chi connectivity index (χ0) is 16.2. The summed E-state index contributed by atoms with van der Waals surface area (Å²) >= 11 is 0. The van der Waals surface area contributed by atoms with Crippen LogP contribution < -0.4 is 0 Å². The number of likely N-dealkylation sites (tertiary alicyclic amines) is 1. The Bertz CT molecular complexity index is 765. The summed E-state index contributed by atoms with van der Waals surface area (Å²) in [4.78, 5) is 2.62. The summed E-state index contributed by atoms with van der Waals surface area (Å²) in [6.45, 7) is 3.59. The van der Waals surface area contributed by atoms with Gasteiger partial charge in [-0.25, -0.2) is 0 Å². The molecule has 1 aliphatic rings. The second-order valence-corrected chi connectivity index (χ2v) is 6.80. The molecule has 0 aliphatic carbocycles. The van der Waals surface area contributed by atoms with Gasteiger partial charge in [0.25, 0.3) is 0 Å². The van der Waals surface area contributed by atoms with Crippen molar-refractivity contribution in [2.75, 3.05) is 19.6 Å². The van der Waals surface area contributed by atoms with Gasteiger partial charge < -0.3 is 4.90 Å². The number of piperidine rings is 1. The van der Waals surface area contributed by atoms with Crippen molar-refractivity contribution in [1.29, 1.82) is 0 Å². The van der Waals surface area contributed by atoms with E-state index in [0.29, 0.717) is 6.04 Å². The van der Waals surface area contributed by atoms with Crippen LogP contribution in [0, 0.1) is 0 Å². The number of aryl methyl sites for hydroxylation is 1. The maximum Gasteiger partial charge on any atom is 0.0543 e. The lowest BCUT2D eigenvalue weighted by Gasteiger charge is -2.32. The van der Waals surface area contributed by atoms with Gasteiger partial charge in [-0.3, -0.25) is 4.68 Å². The molecule has 3 heteroatoms. The zero-order valence-electron chi connectivity index (χ0n) is 14.1. The van der Waals surface area contributed by atoms with Gasteiger partial charge in [-0.15, -0.1) is 0 Å². The predicted octanol–water partition coefficient (Wildman–Crippen LogP) is 4.31. The van der Waals surface area contributed by atoms with Gasteiger partial charge in [-0.05, 0) is 54.6 Å². The topological polar surface area (TPSA) is 21.1 Å². The molecule has 1 aromatic heterocycles. The molecule has 4 rings (SSSR count). The van der Waals surface area contributed by atoms with Crippen LogP contribution in [0.5, 0.6) is 0 Å². The van der Waals surface area contributed by atoms with Crippen LogP contribution in [0.3, 0.4) is 0 Å². The smallest absolute Gasteiger partial charge is 0.0543 e. The van der Waals surface area contributed by atoms with E-state index in [1.165, 1.54) is 61.7 Å². The maximum absolute atomic E-state index is 4.39. The van der Waals surface area contributed by atoms with E-state index in [1.807, 2.05) is 12.3 Å². The normalized spacial score (nSPS) is 16.7. The molecule has 1 fully saturated rings. The molecule has 24 heavy (non-hydrogen) atoms. The molecule has 0 unspecified atom stereocenters. The zero-order valence-corrected chi connectivity index (χ0v) is 14.1. The highest BCUT2D eigenvalue weighted by Crippen LogP contribution is 2.23. The second kappa shape index (κ2) is 7.18. The Morgan fingerprint density at radius 1 is 0.958 bits per heavy atom. The fraction of sp³-hybridized carbons (Fsp3) is 0.381. The number of nitrogens with zero attached hydrogens (tertiary/aromatic N) is 3. The lowest BCUT2D eigenvalue weighted by molar-refractivity contribution is 0.178. The van der Waals surface area contributed by atoms with Crippen molar-refractivity contribution in [3.8, 4) is 0 Å². The molecule has 3 nitrogen and oxygen atoms in total. The molecule has 2 heterocycles. The van der Waals surface area contributed by atoms with Gasteiger partial charge in [-0.2, -0.15) is 5.10 Å². The molecule has 0 saturated carbocycles. The van der Waals surface area contributed by atoms with Gasteiger partial charge in [0.1, 0.15) is 0 Å². The van der Waals surface area contributed by atoms with Crippen molar-refractivity contribution in [3.63, 3.8) is 0 Å². The number of fused-ring (bicyclic) bond motifs is 1. The van der Waals surface area contributed by atoms with Crippen molar-refractivity contribution in [3.05, 3.63) is 66.5 Å². The second-order valence-electron chi connectivity index (χ2n) is 6.80. The van der Waals surface area contributed by atoms with Gasteiger partial charge in [0, 0.05) is 25.5 Å². The first kappa shape index (κ1) is 15.4. The lowest BCUT2D eigenvalue weighted by atomic mass is 10.0. The van der Waals surface area contributed by atoms with E-state index in [-0.39, 0.29) is 0 Å². The molecule has 1 aliphatic heterocycles. The van der Waals surface area contributed by atoms with E-state index in [2.05, 4.69) is 63.3 Å². The van der Waals surface area contributed by atoms with E-state index in [1.54, 1.807) is 0 Å². The third-order valence-corrected chi connectivity index (χ3v) is 5.26. The van der Waals surface area contributed by atoms with Gasteiger partial charge in [0.15, 0.2) is 0 Å². The molecule has 1 saturated heterocycles. The molecular weight excluding hydrogens is 294 g/mol. The minimum absolute atomic E-state index is 0.592. The number of rotatable bonds is 5. The molecular formula is C21H25N3. The highest BCUT2D eigenvalue weighted by Gasteiger charge is 2.20. The van der Waals surface area contributed by atoms with E-state index in [0.717, 1.165) is 0 Å². The predicted molar refractivity (Wildman–Crippen MR) is 99.2 cm³/mol. The summed E-state index contributed by atoms with van der Waals surface area (Å²) in [5.41, 5.74) is 1.49. The average Bonchev–Trinajstić information content (AvgIpc) is 3.17. The standard InChI is InChI=1S/C21H25N3/c1-2-10-21-18(6-1)7-3-8-19(21)9-4-14-23-16-11-20(12-17-23)24-15-5-13-22-24/h1-3,5-8,10,13,15,20H,4,9,11-12,14,16-17H2. The first-order valence-corrected chi connectivity index (χ1v) is 9.08. The molecule has 0 spiro atoms. The van der Waals surface area contributed by atoms with Crippen molar-refractivity contribution in [2.24, 2.45) is 0 Å². The first-order valence-electron chi connectivity index (χ1n) is 9.08. The summed E-state index contributed by atoms with van der Waals surface area (Å²) in [7, 11) is 0. The van der Waals surface area contributed by atoms with Crippen LogP contribution >= 0.6 is 0 Å². The number of hydrogen-bond donors (Lipinski definition) is 0. The third-order valence-electron chi connectivity index (χ3n) is 5.26. The van der Waals surface area contributed by atoms with Crippen molar-refractivity contribution < 1.29 is 0 Å². The molecule has 0 bridgehead atoms. The maximum atomic E-state index is 4.39. The van der Waals surface area contributed by atoms with Gasteiger partial charge in [0.05, 0.1) is 6.04 Å². The minimum atomic E-state index is 0.592. The quantitative estimate of drug-likeness (QED) is 0.699. The average molecular weight is 319 g/mol. The summed E-state index contributed by atoms with van der Waals surface area (Å²) in [5.74, 6) is 0. The van der Waals surface area contributed by atoms with Crippen LogP contribution in [-0.4, -0.2) is 34.3 Å². The van der Waals surface area contributed by atoms with E-state index in [9.17, 15) is 0 Å². The Hall–Kier alpha value is -2.13. The van der Waals surface area contributed by atoms with Crippen LogP contribution in [0.1, 0.15) is 30.9 Å². The summed E-state index contributed by atoms with van der Waals surface area (Å²) in [5, 5.41) is 7.16. The van der Waals surface area contributed by atoms with Crippen LogP contribution in [0.4, 0.5) is 0 Å². The van der Waals surface area contributed by atoms with Crippen LogP contribution in [-0.2, 0) is 6.42 Å². The van der Waals surface area contributed by atoms with Gasteiger partial charge in [0.2, 0.25) is 0 Å².